The van der Waals surface area contributed by atoms with E-state index in [9.17, 15) is 10.1 Å². The van der Waals surface area contributed by atoms with Crippen molar-refractivity contribution in [2.45, 2.75) is 6.92 Å². The summed E-state index contributed by atoms with van der Waals surface area (Å²) in [4.78, 5) is 19.3. The Morgan fingerprint density at radius 1 is 1.17 bits per heavy atom. The summed E-state index contributed by atoms with van der Waals surface area (Å²) in [6.07, 6.45) is 1.74. The highest BCUT2D eigenvalue weighted by molar-refractivity contribution is 6.32. The van der Waals surface area contributed by atoms with E-state index in [1.165, 1.54) is 0 Å². The van der Waals surface area contributed by atoms with Gasteiger partial charge in [-0.05, 0) is 31.2 Å². The van der Waals surface area contributed by atoms with E-state index < -0.39 is 0 Å². The molecule has 0 aliphatic carbocycles. The molecule has 0 amide bonds. The highest BCUT2D eigenvalue weighted by atomic mass is 35.5. The minimum atomic E-state index is -0.347. The van der Waals surface area contributed by atoms with E-state index in [2.05, 4.69) is 14.8 Å². The number of piperazine rings is 1. The van der Waals surface area contributed by atoms with Crippen molar-refractivity contribution in [3.63, 3.8) is 0 Å². The molecule has 1 saturated heterocycles. The Morgan fingerprint density at radius 2 is 1.87 bits per heavy atom. The zero-order valence-electron chi connectivity index (χ0n) is 12.8. The Hall–Kier alpha value is -2.34. The van der Waals surface area contributed by atoms with E-state index in [4.69, 9.17) is 11.6 Å². The Morgan fingerprint density at radius 3 is 2.48 bits per heavy atom. The third-order valence-corrected chi connectivity index (χ3v) is 4.36. The van der Waals surface area contributed by atoms with Crippen LogP contribution in [0.4, 0.5) is 17.2 Å². The third-order valence-electron chi connectivity index (χ3n) is 4.06. The van der Waals surface area contributed by atoms with Gasteiger partial charge in [0.15, 0.2) is 0 Å². The second-order valence-electron chi connectivity index (χ2n) is 5.51. The maximum absolute atomic E-state index is 10.9. The normalized spacial score (nSPS) is 14.9. The summed E-state index contributed by atoms with van der Waals surface area (Å²) in [6, 6.07) is 8.93. The molecule has 1 aliphatic rings. The number of aromatic nitrogens is 1. The molecule has 0 radical (unpaired) electrons. The smallest absolute Gasteiger partial charge is 0.272 e. The molecule has 0 N–H and O–H groups in total. The van der Waals surface area contributed by atoms with Gasteiger partial charge in [0.1, 0.15) is 5.82 Å². The molecule has 23 heavy (non-hydrogen) atoms. The first-order valence-corrected chi connectivity index (χ1v) is 7.79. The predicted octanol–water partition coefficient (Wildman–Crippen LogP) is 3.28. The van der Waals surface area contributed by atoms with Gasteiger partial charge in [0, 0.05) is 49.7 Å². The van der Waals surface area contributed by atoms with E-state index in [-0.39, 0.29) is 10.6 Å². The van der Waals surface area contributed by atoms with Crippen LogP contribution in [0.5, 0.6) is 0 Å². The molecule has 0 bridgehead atoms. The Balaban J connectivity index is 1.71. The van der Waals surface area contributed by atoms with Crippen molar-refractivity contribution in [3.05, 3.63) is 57.2 Å². The number of benzene rings is 1. The first-order chi connectivity index (χ1) is 11.1. The van der Waals surface area contributed by atoms with Crippen LogP contribution in [0.2, 0.25) is 5.02 Å². The number of hydrogen-bond acceptors (Lipinski definition) is 5. The monoisotopic (exact) mass is 332 g/mol. The number of rotatable bonds is 3. The van der Waals surface area contributed by atoms with Gasteiger partial charge in [-0.1, -0.05) is 11.6 Å². The van der Waals surface area contributed by atoms with Crippen LogP contribution < -0.4 is 9.80 Å². The first-order valence-electron chi connectivity index (χ1n) is 7.42. The van der Waals surface area contributed by atoms with Crippen LogP contribution in [-0.2, 0) is 0 Å². The molecule has 3 rings (SSSR count). The molecule has 6 nitrogen and oxygen atoms in total. The fourth-order valence-electron chi connectivity index (χ4n) is 2.83. The average molecular weight is 333 g/mol. The molecule has 1 fully saturated rings. The van der Waals surface area contributed by atoms with Crippen molar-refractivity contribution in [1.82, 2.24) is 4.98 Å². The fourth-order valence-corrected chi connectivity index (χ4v) is 3.07. The molecule has 1 aromatic heterocycles. The number of halogens is 1. The Kier molecular flexibility index (Phi) is 4.34. The molecule has 1 aliphatic heterocycles. The van der Waals surface area contributed by atoms with E-state index >= 15 is 0 Å². The lowest BCUT2D eigenvalue weighted by Crippen LogP contribution is -2.47. The van der Waals surface area contributed by atoms with Crippen LogP contribution in [-0.4, -0.2) is 36.1 Å². The fraction of sp³-hybridized carbons (Fsp3) is 0.312. The van der Waals surface area contributed by atoms with Gasteiger partial charge >= 0.3 is 0 Å². The van der Waals surface area contributed by atoms with Crippen molar-refractivity contribution in [2.24, 2.45) is 0 Å². The van der Waals surface area contributed by atoms with Gasteiger partial charge in [0.25, 0.3) is 5.69 Å². The van der Waals surface area contributed by atoms with Crippen LogP contribution in [0.15, 0.2) is 36.5 Å². The van der Waals surface area contributed by atoms with Gasteiger partial charge in [-0.2, -0.15) is 0 Å². The summed E-state index contributed by atoms with van der Waals surface area (Å²) < 4.78 is 0. The average Bonchev–Trinajstić information content (AvgIpc) is 2.55. The highest BCUT2D eigenvalue weighted by Crippen LogP contribution is 2.27. The van der Waals surface area contributed by atoms with Crippen LogP contribution in [0, 0.1) is 17.0 Å². The predicted molar refractivity (Wildman–Crippen MR) is 91.5 cm³/mol. The van der Waals surface area contributed by atoms with Crippen molar-refractivity contribution < 1.29 is 4.92 Å². The number of anilines is 2. The Bertz CT molecular complexity index is 730. The van der Waals surface area contributed by atoms with Crippen LogP contribution >= 0.6 is 11.6 Å². The highest BCUT2D eigenvalue weighted by Gasteiger charge is 2.21. The summed E-state index contributed by atoms with van der Waals surface area (Å²) in [5.74, 6) is 0.814. The van der Waals surface area contributed by atoms with Crippen LogP contribution in [0.3, 0.4) is 0 Å². The molecule has 2 heterocycles. The summed E-state index contributed by atoms with van der Waals surface area (Å²) in [7, 11) is 0. The summed E-state index contributed by atoms with van der Waals surface area (Å²) in [5, 5.41) is 11.6. The molecular weight excluding hydrogens is 316 g/mol. The minimum Gasteiger partial charge on any atom is -0.368 e. The molecule has 1 aromatic carbocycles. The summed E-state index contributed by atoms with van der Waals surface area (Å²) >= 11 is 6.20. The zero-order chi connectivity index (χ0) is 16.4. The number of hydrogen-bond donors (Lipinski definition) is 0. The Labute approximate surface area is 139 Å². The van der Waals surface area contributed by atoms with E-state index in [0.29, 0.717) is 10.6 Å². The molecular formula is C16H17ClN4O2. The quantitative estimate of drug-likeness (QED) is 0.637. The SMILES string of the molecule is Cc1cc(N2CCN(c3ncccc3Cl)CC2)ccc1[N+](=O)[O-]. The second kappa shape index (κ2) is 6.42. The number of nitro benzene ring substituents is 1. The minimum absolute atomic E-state index is 0.160. The molecule has 7 heteroatoms. The lowest BCUT2D eigenvalue weighted by atomic mass is 10.1. The van der Waals surface area contributed by atoms with Gasteiger partial charge < -0.3 is 9.80 Å². The molecule has 0 unspecified atom stereocenters. The van der Waals surface area contributed by atoms with Crippen LogP contribution in [0.1, 0.15) is 5.56 Å². The van der Waals surface area contributed by atoms with E-state index in [1.54, 1.807) is 19.2 Å². The number of nitro groups is 1. The second-order valence-corrected chi connectivity index (χ2v) is 5.92. The first kappa shape index (κ1) is 15.6. The van der Waals surface area contributed by atoms with Crippen molar-refractivity contribution in [1.29, 1.82) is 0 Å². The number of aryl methyl sites for hydroxylation is 1. The lowest BCUT2D eigenvalue weighted by Gasteiger charge is -2.37. The lowest BCUT2D eigenvalue weighted by molar-refractivity contribution is -0.385. The van der Waals surface area contributed by atoms with Crippen molar-refractivity contribution in [2.75, 3.05) is 36.0 Å². The van der Waals surface area contributed by atoms with Gasteiger partial charge in [0.05, 0.1) is 9.95 Å². The third kappa shape index (κ3) is 3.22. The van der Waals surface area contributed by atoms with Crippen molar-refractivity contribution in [3.8, 4) is 0 Å². The topological polar surface area (TPSA) is 62.5 Å². The molecule has 2 aromatic rings. The molecule has 120 valence electrons. The molecule has 0 saturated carbocycles. The number of pyridine rings is 1. The molecule has 0 atom stereocenters. The maximum Gasteiger partial charge on any atom is 0.272 e. The summed E-state index contributed by atoms with van der Waals surface area (Å²) in [5.41, 5.74) is 1.86. The van der Waals surface area contributed by atoms with Gasteiger partial charge in [-0.3, -0.25) is 10.1 Å². The molecule has 0 spiro atoms. The summed E-state index contributed by atoms with van der Waals surface area (Å²) in [6.45, 7) is 5.04. The number of nitrogens with zero attached hydrogens (tertiary/aromatic N) is 4. The van der Waals surface area contributed by atoms with Crippen LogP contribution in [0.25, 0.3) is 0 Å². The van der Waals surface area contributed by atoms with E-state index in [1.807, 2.05) is 24.3 Å². The maximum atomic E-state index is 10.9. The van der Waals surface area contributed by atoms with Gasteiger partial charge in [-0.25, -0.2) is 4.98 Å². The van der Waals surface area contributed by atoms with E-state index in [0.717, 1.165) is 37.7 Å². The zero-order valence-corrected chi connectivity index (χ0v) is 13.5. The van der Waals surface area contributed by atoms with Gasteiger partial charge in [-0.15, -0.1) is 0 Å². The standard InChI is InChI=1S/C16H17ClN4O2/c1-12-11-13(4-5-15(12)21(22)23)19-7-9-20(10-8-19)16-14(17)3-2-6-18-16/h2-6,11H,7-10H2,1H3. The largest absolute Gasteiger partial charge is 0.368 e. The van der Waals surface area contributed by atoms with Gasteiger partial charge in [0.2, 0.25) is 0 Å². The van der Waals surface area contributed by atoms with Crippen molar-refractivity contribution >= 4 is 28.8 Å².